The van der Waals surface area contributed by atoms with Crippen LogP contribution in [0.25, 0.3) is 0 Å². The lowest BCUT2D eigenvalue weighted by molar-refractivity contribution is -0.124. The highest BCUT2D eigenvalue weighted by atomic mass is 16.2. The topological polar surface area (TPSA) is 70.2 Å². The third-order valence-corrected chi connectivity index (χ3v) is 3.43. The van der Waals surface area contributed by atoms with E-state index in [1.165, 1.54) is 19.3 Å². The molecule has 1 aliphatic carbocycles. The fourth-order valence-corrected chi connectivity index (χ4v) is 2.37. The molecule has 1 saturated carbocycles. The Bertz CT molecular complexity index is 331. The summed E-state index contributed by atoms with van der Waals surface area (Å²) < 4.78 is 0. The van der Waals surface area contributed by atoms with Crippen LogP contribution in [0, 0.1) is 0 Å². The van der Waals surface area contributed by atoms with E-state index in [1.54, 1.807) is 6.92 Å². The first-order valence-electron chi connectivity index (χ1n) is 7.63. The quantitative estimate of drug-likeness (QED) is 0.713. The lowest BCUT2D eigenvalue weighted by atomic mass is 9.95. The third kappa shape index (κ3) is 6.89. The van der Waals surface area contributed by atoms with Crippen LogP contribution in [0.2, 0.25) is 0 Å². The molecule has 0 heterocycles. The zero-order valence-corrected chi connectivity index (χ0v) is 13.2. The van der Waals surface area contributed by atoms with Gasteiger partial charge in [0, 0.05) is 11.6 Å². The predicted molar refractivity (Wildman–Crippen MR) is 80.4 cm³/mol. The van der Waals surface area contributed by atoms with Crippen molar-refractivity contribution in [2.75, 3.05) is 6.54 Å². The Morgan fingerprint density at radius 1 is 1.15 bits per heavy atom. The second-order valence-electron chi connectivity index (χ2n) is 6.74. The Kier molecular flexibility index (Phi) is 6.46. The van der Waals surface area contributed by atoms with Crippen molar-refractivity contribution in [3.05, 3.63) is 0 Å². The minimum Gasteiger partial charge on any atom is -0.352 e. The van der Waals surface area contributed by atoms with Gasteiger partial charge >= 0.3 is 0 Å². The first-order chi connectivity index (χ1) is 9.28. The van der Waals surface area contributed by atoms with Crippen LogP contribution in [0.15, 0.2) is 0 Å². The van der Waals surface area contributed by atoms with Crippen LogP contribution >= 0.6 is 0 Å². The van der Waals surface area contributed by atoms with Gasteiger partial charge in [0.15, 0.2) is 0 Å². The van der Waals surface area contributed by atoms with E-state index in [2.05, 4.69) is 16.0 Å². The Balaban J connectivity index is 2.25. The Labute approximate surface area is 122 Å². The van der Waals surface area contributed by atoms with Crippen molar-refractivity contribution in [3.8, 4) is 0 Å². The zero-order chi connectivity index (χ0) is 15.2. The summed E-state index contributed by atoms with van der Waals surface area (Å²) in [4.78, 5) is 23.7. The van der Waals surface area contributed by atoms with Gasteiger partial charge < -0.3 is 10.6 Å². The largest absolute Gasteiger partial charge is 0.352 e. The third-order valence-electron chi connectivity index (χ3n) is 3.43. The van der Waals surface area contributed by atoms with Crippen molar-refractivity contribution < 1.29 is 9.59 Å². The van der Waals surface area contributed by atoms with Crippen LogP contribution in [0.4, 0.5) is 0 Å². The summed E-state index contributed by atoms with van der Waals surface area (Å²) in [5.74, 6) is -0.102. The van der Waals surface area contributed by atoms with E-state index < -0.39 is 0 Å². The molecule has 5 heteroatoms. The molecule has 0 saturated heterocycles. The maximum Gasteiger partial charge on any atom is 0.237 e. The van der Waals surface area contributed by atoms with Crippen LogP contribution in [0.5, 0.6) is 0 Å². The van der Waals surface area contributed by atoms with Gasteiger partial charge in [0.25, 0.3) is 0 Å². The Hall–Kier alpha value is -1.10. The van der Waals surface area contributed by atoms with Crippen molar-refractivity contribution in [2.24, 2.45) is 0 Å². The van der Waals surface area contributed by atoms with Crippen LogP contribution < -0.4 is 16.0 Å². The monoisotopic (exact) mass is 283 g/mol. The maximum atomic E-state index is 12.0. The summed E-state index contributed by atoms with van der Waals surface area (Å²) in [5.41, 5.74) is -0.244. The molecule has 1 fully saturated rings. The zero-order valence-electron chi connectivity index (χ0n) is 13.2. The Morgan fingerprint density at radius 3 is 2.30 bits per heavy atom. The molecule has 0 aromatic rings. The number of nitrogens with one attached hydrogen (secondary N) is 3. The molecule has 0 aliphatic heterocycles. The summed E-state index contributed by atoms with van der Waals surface area (Å²) in [5, 5.41) is 8.89. The van der Waals surface area contributed by atoms with Gasteiger partial charge in [-0.1, -0.05) is 19.3 Å². The van der Waals surface area contributed by atoms with E-state index in [9.17, 15) is 9.59 Å². The number of carbonyl (C=O) groups is 2. The minimum absolute atomic E-state index is 0.0135. The average molecular weight is 283 g/mol. The van der Waals surface area contributed by atoms with E-state index in [0.29, 0.717) is 6.04 Å². The fourth-order valence-electron chi connectivity index (χ4n) is 2.37. The smallest absolute Gasteiger partial charge is 0.237 e. The van der Waals surface area contributed by atoms with Gasteiger partial charge in [-0.05, 0) is 40.5 Å². The van der Waals surface area contributed by atoms with Gasteiger partial charge in [-0.2, -0.15) is 0 Å². The first-order valence-corrected chi connectivity index (χ1v) is 7.63. The molecule has 3 N–H and O–H groups in total. The van der Waals surface area contributed by atoms with Crippen molar-refractivity contribution >= 4 is 11.8 Å². The van der Waals surface area contributed by atoms with Crippen LogP contribution in [0.1, 0.15) is 59.8 Å². The van der Waals surface area contributed by atoms with E-state index >= 15 is 0 Å². The van der Waals surface area contributed by atoms with Crippen molar-refractivity contribution in [2.45, 2.75) is 77.4 Å². The van der Waals surface area contributed by atoms with Gasteiger partial charge in [0.05, 0.1) is 12.6 Å². The first kappa shape index (κ1) is 17.0. The summed E-state index contributed by atoms with van der Waals surface area (Å²) >= 11 is 0. The van der Waals surface area contributed by atoms with E-state index in [1.807, 2.05) is 20.8 Å². The number of carbonyl (C=O) groups excluding carboxylic acids is 2. The maximum absolute atomic E-state index is 12.0. The lowest BCUT2D eigenvalue weighted by Crippen LogP contribution is -2.51. The molecule has 20 heavy (non-hydrogen) atoms. The second kappa shape index (κ2) is 7.62. The average Bonchev–Trinajstić information content (AvgIpc) is 2.35. The predicted octanol–water partition coefficient (Wildman–Crippen LogP) is 1.33. The minimum atomic E-state index is -0.345. The van der Waals surface area contributed by atoms with Crippen molar-refractivity contribution in [1.82, 2.24) is 16.0 Å². The van der Waals surface area contributed by atoms with Gasteiger partial charge in [-0.3, -0.25) is 14.9 Å². The van der Waals surface area contributed by atoms with Crippen molar-refractivity contribution in [3.63, 3.8) is 0 Å². The molecule has 1 aliphatic rings. The summed E-state index contributed by atoms with van der Waals surface area (Å²) in [6, 6.07) is -0.0356. The van der Waals surface area contributed by atoms with E-state index in [4.69, 9.17) is 0 Å². The molecule has 0 radical (unpaired) electrons. The highest BCUT2D eigenvalue weighted by Crippen LogP contribution is 2.17. The standard InChI is InChI=1S/C15H29N3O2/c1-11(16-10-13(19)18-15(2,3)4)14(20)17-12-8-6-5-7-9-12/h11-12,16H,5-10H2,1-4H3,(H,17,20)(H,18,19). The number of hydrogen-bond acceptors (Lipinski definition) is 3. The molecule has 5 nitrogen and oxygen atoms in total. The van der Waals surface area contributed by atoms with Gasteiger partial charge in [-0.15, -0.1) is 0 Å². The van der Waals surface area contributed by atoms with Crippen molar-refractivity contribution in [1.29, 1.82) is 0 Å². The van der Waals surface area contributed by atoms with Gasteiger partial charge in [0.1, 0.15) is 0 Å². The molecule has 1 rings (SSSR count). The molecule has 0 aromatic carbocycles. The van der Waals surface area contributed by atoms with E-state index in [0.717, 1.165) is 12.8 Å². The van der Waals surface area contributed by atoms with E-state index in [-0.39, 0.29) is 29.9 Å². The number of amides is 2. The molecule has 1 atom stereocenters. The molecule has 2 amide bonds. The lowest BCUT2D eigenvalue weighted by Gasteiger charge is -2.25. The number of hydrogen-bond donors (Lipinski definition) is 3. The van der Waals surface area contributed by atoms with Crippen LogP contribution in [0.3, 0.4) is 0 Å². The normalized spacial score (nSPS) is 18.4. The highest BCUT2D eigenvalue weighted by Gasteiger charge is 2.20. The van der Waals surface area contributed by atoms with Gasteiger partial charge in [-0.25, -0.2) is 0 Å². The molecule has 1 unspecified atom stereocenters. The molecular formula is C15H29N3O2. The Morgan fingerprint density at radius 2 is 1.75 bits per heavy atom. The summed E-state index contributed by atoms with van der Waals surface area (Å²) in [6.07, 6.45) is 5.81. The second-order valence-corrected chi connectivity index (χ2v) is 6.74. The highest BCUT2D eigenvalue weighted by molar-refractivity contribution is 5.83. The summed E-state index contributed by atoms with van der Waals surface area (Å²) in [6.45, 7) is 7.76. The number of rotatable bonds is 5. The SMILES string of the molecule is CC(NCC(=O)NC(C)(C)C)C(=O)NC1CCCCC1. The van der Waals surface area contributed by atoms with Crippen LogP contribution in [-0.2, 0) is 9.59 Å². The molecule has 0 aromatic heterocycles. The molecule has 116 valence electrons. The summed E-state index contributed by atoms with van der Waals surface area (Å²) in [7, 11) is 0. The fraction of sp³-hybridized carbons (Fsp3) is 0.867. The van der Waals surface area contributed by atoms with Gasteiger partial charge in [0.2, 0.25) is 11.8 Å². The van der Waals surface area contributed by atoms with Crippen LogP contribution in [-0.4, -0.2) is 36.0 Å². The molecule has 0 bridgehead atoms. The molecular weight excluding hydrogens is 254 g/mol. The molecule has 0 spiro atoms.